The number of methoxy groups -OCH3 is 1. The molecule has 0 radical (unpaired) electrons. The van der Waals surface area contributed by atoms with Gasteiger partial charge in [0, 0.05) is 23.5 Å². The van der Waals surface area contributed by atoms with E-state index in [1.165, 1.54) is 0 Å². The number of para-hydroxylation sites is 2. The summed E-state index contributed by atoms with van der Waals surface area (Å²) in [5.41, 5.74) is 2.97. The molecule has 0 bridgehead atoms. The van der Waals surface area contributed by atoms with E-state index in [4.69, 9.17) is 4.74 Å². The number of hydrogen-bond acceptors (Lipinski definition) is 4. The Bertz CT molecular complexity index is 1080. The molecule has 4 aromatic rings. The van der Waals surface area contributed by atoms with Crippen molar-refractivity contribution in [2.75, 3.05) is 12.4 Å². The Kier molecular flexibility index (Phi) is 4.57. The van der Waals surface area contributed by atoms with Crippen LogP contribution in [0.5, 0.6) is 5.75 Å². The van der Waals surface area contributed by atoms with Gasteiger partial charge in [-0.3, -0.25) is 15.2 Å². The molecule has 27 heavy (non-hydrogen) atoms. The number of nitrogens with zero attached hydrogens (tertiary/aromatic N) is 2. The molecule has 3 N–H and O–H groups in total. The van der Waals surface area contributed by atoms with E-state index < -0.39 is 0 Å². The topological polar surface area (TPSA) is 95.7 Å². The highest BCUT2D eigenvalue weighted by molar-refractivity contribution is 5.90. The van der Waals surface area contributed by atoms with Crippen LogP contribution in [-0.2, 0) is 11.2 Å². The zero-order chi connectivity index (χ0) is 18.6. The molecule has 0 aliphatic rings. The van der Waals surface area contributed by atoms with Gasteiger partial charge >= 0.3 is 0 Å². The van der Waals surface area contributed by atoms with Crippen LogP contribution >= 0.6 is 0 Å². The molecule has 0 unspecified atom stereocenters. The molecule has 0 fully saturated rings. The lowest BCUT2D eigenvalue weighted by Gasteiger charge is -2.04. The van der Waals surface area contributed by atoms with Crippen LogP contribution in [0.2, 0.25) is 0 Å². The van der Waals surface area contributed by atoms with E-state index in [1.807, 2.05) is 54.7 Å². The normalized spacial score (nSPS) is 10.9. The number of ether oxygens (including phenoxy) is 1. The fourth-order valence-electron chi connectivity index (χ4n) is 3.05. The molecule has 2 aromatic carbocycles. The highest BCUT2D eigenvalue weighted by Crippen LogP contribution is 2.27. The summed E-state index contributed by atoms with van der Waals surface area (Å²) in [5.74, 6) is 1.34. The molecule has 7 nitrogen and oxygen atoms in total. The van der Waals surface area contributed by atoms with Crippen LogP contribution in [0, 0.1) is 0 Å². The van der Waals surface area contributed by atoms with Gasteiger partial charge in [0.15, 0.2) is 5.82 Å². The van der Waals surface area contributed by atoms with Crippen molar-refractivity contribution in [2.24, 2.45) is 0 Å². The smallest absolute Gasteiger partial charge is 0.249 e. The molecule has 0 saturated heterocycles. The molecule has 2 aromatic heterocycles. The van der Waals surface area contributed by atoms with Crippen LogP contribution in [0.3, 0.4) is 0 Å². The van der Waals surface area contributed by atoms with Gasteiger partial charge < -0.3 is 9.72 Å². The number of fused-ring (bicyclic) bond motifs is 1. The number of hydrogen-bond donors (Lipinski definition) is 3. The third-order valence-corrected chi connectivity index (χ3v) is 4.40. The molecule has 0 aliphatic heterocycles. The van der Waals surface area contributed by atoms with Gasteiger partial charge in [0.1, 0.15) is 5.75 Å². The Morgan fingerprint density at radius 3 is 2.85 bits per heavy atom. The summed E-state index contributed by atoms with van der Waals surface area (Å²) in [6.45, 7) is 0. The Hall–Kier alpha value is -3.61. The second-order valence-corrected chi connectivity index (χ2v) is 6.12. The first-order valence-corrected chi connectivity index (χ1v) is 8.65. The average molecular weight is 361 g/mol. The van der Waals surface area contributed by atoms with Gasteiger partial charge in [-0.1, -0.05) is 30.3 Å². The summed E-state index contributed by atoms with van der Waals surface area (Å²) in [5, 5.41) is 10.8. The van der Waals surface area contributed by atoms with Crippen LogP contribution in [0.15, 0.2) is 54.7 Å². The molecule has 4 rings (SSSR count). The molecule has 7 heteroatoms. The quantitative estimate of drug-likeness (QED) is 0.489. The van der Waals surface area contributed by atoms with Crippen molar-refractivity contribution in [1.29, 1.82) is 0 Å². The molecular formula is C20H19N5O2. The predicted octanol–water partition coefficient (Wildman–Crippen LogP) is 3.53. The van der Waals surface area contributed by atoms with E-state index in [0.717, 1.165) is 22.0 Å². The average Bonchev–Trinajstić information content (AvgIpc) is 3.33. The molecule has 0 aliphatic carbocycles. The molecule has 0 spiro atoms. The third kappa shape index (κ3) is 3.52. The number of aryl methyl sites for hydroxylation is 1. The zero-order valence-corrected chi connectivity index (χ0v) is 14.8. The van der Waals surface area contributed by atoms with Gasteiger partial charge in [0.25, 0.3) is 0 Å². The standard InChI is InChI=1S/C20H19N5O2/c1-27-17-9-5-3-7-15(17)19-23-20(25-24-19)22-18(26)11-10-13-12-21-16-8-4-2-6-14(13)16/h2-9,12,21H,10-11H2,1H3,(H2,22,23,24,25,26). The van der Waals surface area contributed by atoms with Crippen molar-refractivity contribution in [3.63, 3.8) is 0 Å². The minimum Gasteiger partial charge on any atom is -0.496 e. The first-order valence-electron chi connectivity index (χ1n) is 8.65. The number of carbonyl (C=O) groups excluding carboxylic acids is 1. The highest BCUT2D eigenvalue weighted by Gasteiger charge is 2.13. The lowest BCUT2D eigenvalue weighted by atomic mass is 10.1. The number of carbonyl (C=O) groups is 1. The maximum atomic E-state index is 12.3. The largest absolute Gasteiger partial charge is 0.496 e. The van der Waals surface area contributed by atoms with E-state index in [1.54, 1.807) is 7.11 Å². The number of nitrogens with one attached hydrogen (secondary N) is 3. The van der Waals surface area contributed by atoms with Gasteiger partial charge in [-0.25, -0.2) is 0 Å². The number of benzene rings is 2. The summed E-state index contributed by atoms with van der Waals surface area (Å²) in [6.07, 6.45) is 2.94. The lowest BCUT2D eigenvalue weighted by Crippen LogP contribution is -2.13. The predicted molar refractivity (Wildman–Crippen MR) is 104 cm³/mol. The van der Waals surface area contributed by atoms with Gasteiger partial charge in [-0.15, -0.1) is 5.10 Å². The molecule has 0 atom stereocenters. The van der Waals surface area contributed by atoms with E-state index in [0.29, 0.717) is 24.4 Å². The number of aromatic nitrogens is 4. The van der Waals surface area contributed by atoms with Gasteiger partial charge in [0.2, 0.25) is 11.9 Å². The van der Waals surface area contributed by atoms with Gasteiger partial charge in [-0.05, 0) is 30.2 Å². The monoisotopic (exact) mass is 361 g/mol. The van der Waals surface area contributed by atoms with Crippen LogP contribution in [0.25, 0.3) is 22.3 Å². The number of amides is 1. The molecular weight excluding hydrogens is 342 g/mol. The number of rotatable bonds is 6. The van der Waals surface area contributed by atoms with Crippen LogP contribution < -0.4 is 10.1 Å². The zero-order valence-electron chi connectivity index (χ0n) is 14.8. The summed E-state index contributed by atoms with van der Waals surface area (Å²) < 4.78 is 5.33. The summed E-state index contributed by atoms with van der Waals surface area (Å²) >= 11 is 0. The van der Waals surface area contributed by atoms with Crippen LogP contribution in [0.1, 0.15) is 12.0 Å². The minimum atomic E-state index is -0.133. The molecule has 136 valence electrons. The molecule has 1 amide bonds. The Balaban J connectivity index is 1.41. The Morgan fingerprint density at radius 2 is 1.96 bits per heavy atom. The van der Waals surface area contributed by atoms with E-state index in [-0.39, 0.29) is 11.9 Å². The second-order valence-electron chi connectivity index (χ2n) is 6.12. The van der Waals surface area contributed by atoms with E-state index >= 15 is 0 Å². The molecule has 2 heterocycles. The van der Waals surface area contributed by atoms with Crippen LogP contribution in [0.4, 0.5) is 5.95 Å². The number of H-pyrrole nitrogens is 2. The first-order chi connectivity index (χ1) is 13.2. The van der Waals surface area contributed by atoms with Gasteiger partial charge in [-0.2, -0.15) is 4.98 Å². The maximum absolute atomic E-state index is 12.3. The van der Waals surface area contributed by atoms with Crippen molar-refractivity contribution >= 4 is 22.8 Å². The fourth-order valence-corrected chi connectivity index (χ4v) is 3.05. The second kappa shape index (κ2) is 7.33. The highest BCUT2D eigenvalue weighted by atomic mass is 16.5. The van der Waals surface area contributed by atoms with E-state index in [9.17, 15) is 4.79 Å². The van der Waals surface area contributed by atoms with Crippen molar-refractivity contribution in [2.45, 2.75) is 12.8 Å². The summed E-state index contributed by atoms with van der Waals surface area (Å²) in [6, 6.07) is 15.5. The van der Waals surface area contributed by atoms with Gasteiger partial charge in [0.05, 0.1) is 12.7 Å². The first kappa shape index (κ1) is 16.8. The van der Waals surface area contributed by atoms with Crippen molar-refractivity contribution in [3.8, 4) is 17.1 Å². The van der Waals surface area contributed by atoms with Crippen molar-refractivity contribution < 1.29 is 9.53 Å². The maximum Gasteiger partial charge on any atom is 0.249 e. The van der Waals surface area contributed by atoms with Crippen LogP contribution in [-0.4, -0.2) is 33.2 Å². The Labute approximate surface area is 155 Å². The van der Waals surface area contributed by atoms with Crippen molar-refractivity contribution in [1.82, 2.24) is 20.2 Å². The summed E-state index contributed by atoms with van der Waals surface area (Å²) in [7, 11) is 1.60. The van der Waals surface area contributed by atoms with E-state index in [2.05, 4.69) is 25.5 Å². The SMILES string of the molecule is COc1ccccc1-c1nc(NC(=O)CCc2c[nH]c3ccccc23)n[nH]1. The third-order valence-electron chi connectivity index (χ3n) is 4.40. The minimum absolute atomic E-state index is 0.133. The number of anilines is 1. The Morgan fingerprint density at radius 1 is 1.15 bits per heavy atom. The summed E-state index contributed by atoms with van der Waals surface area (Å²) in [4.78, 5) is 19.8. The molecule has 0 saturated carbocycles. The fraction of sp³-hybridized carbons (Fsp3) is 0.150. The van der Waals surface area contributed by atoms with Crippen molar-refractivity contribution in [3.05, 3.63) is 60.3 Å². The lowest BCUT2D eigenvalue weighted by molar-refractivity contribution is -0.116. The number of aromatic amines is 2.